The molecular formula is C39H53N3O4. The second-order valence-electron chi connectivity index (χ2n) is 11.0. The van der Waals surface area contributed by atoms with Crippen LogP contribution in [0.15, 0.2) is 73.1 Å². The summed E-state index contributed by atoms with van der Waals surface area (Å²) in [4.78, 5) is 32.2. The zero-order valence-corrected chi connectivity index (χ0v) is 27.0. The van der Waals surface area contributed by atoms with Crippen LogP contribution >= 0.6 is 0 Å². The van der Waals surface area contributed by atoms with Crippen LogP contribution in [0.3, 0.4) is 0 Å². The van der Waals surface area contributed by atoms with E-state index in [1.807, 2.05) is 44.3 Å². The Hall–Kier alpha value is -4.36. The van der Waals surface area contributed by atoms with Gasteiger partial charge in [-0.05, 0) is 105 Å². The van der Waals surface area contributed by atoms with Gasteiger partial charge in [0.2, 0.25) is 0 Å². The van der Waals surface area contributed by atoms with E-state index in [0.29, 0.717) is 19.6 Å². The van der Waals surface area contributed by atoms with E-state index < -0.39 is 0 Å². The first-order chi connectivity index (χ1) is 21.0. The van der Waals surface area contributed by atoms with Crippen molar-refractivity contribution in [2.75, 3.05) is 13.2 Å². The van der Waals surface area contributed by atoms with E-state index in [9.17, 15) is 9.59 Å². The molecule has 0 aliphatic heterocycles. The summed E-state index contributed by atoms with van der Waals surface area (Å²) < 4.78 is 9.99. The van der Waals surface area contributed by atoms with Gasteiger partial charge in [-0.3, -0.25) is 19.6 Å². The minimum Gasteiger partial charge on any atom is -0.466 e. The molecule has 4 rings (SSSR count). The molecule has 0 bridgehead atoms. The molecule has 2 aromatic heterocycles. The van der Waals surface area contributed by atoms with Crippen molar-refractivity contribution in [2.24, 2.45) is 5.73 Å². The molecule has 7 heteroatoms. The van der Waals surface area contributed by atoms with Gasteiger partial charge in [-0.25, -0.2) is 0 Å². The maximum absolute atomic E-state index is 11.7. The molecule has 2 heterocycles. The molecule has 0 radical (unpaired) electrons. The average Bonchev–Trinajstić information content (AvgIpc) is 2.98. The average molecular weight is 628 g/mol. The third-order valence-electron chi connectivity index (χ3n) is 7.51. The van der Waals surface area contributed by atoms with E-state index >= 15 is 0 Å². The minimum atomic E-state index is -0.384. The van der Waals surface area contributed by atoms with Crippen molar-refractivity contribution in [3.8, 4) is 22.5 Å². The normalized spacial score (nSPS) is 11.5. The van der Waals surface area contributed by atoms with Crippen LogP contribution in [0.2, 0.25) is 0 Å². The highest BCUT2D eigenvalue weighted by atomic mass is 16.5. The number of aryl methyl sites for hydroxylation is 4. The molecule has 0 amide bonds. The molecule has 2 N–H and O–H groups in total. The molecule has 2 aromatic carbocycles. The summed E-state index contributed by atoms with van der Waals surface area (Å²) in [5, 5.41) is 0. The summed E-state index contributed by atoms with van der Waals surface area (Å²) in [7, 11) is 0. The van der Waals surface area contributed by atoms with Crippen molar-refractivity contribution in [1.29, 1.82) is 0 Å². The molecule has 0 saturated heterocycles. The van der Waals surface area contributed by atoms with Gasteiger partial charge in [-0.15, -0.1) is 0 Å². The van der Waals surface area contributed by atoms with Gasteiger partial charge in [-0.1, -0.05) is 58.2 Å². The van der Waals surface area contributed by atoms with Crippen LogP contribution in [0.1, 0.15) is 93.8 Å². The minimum absolute atomic E-state index is 0. The summed E-state index contributed by atoms with van der Waals surface area (Å²) in [5.74, 6) is -0.314. The van der Waals surface area contributed by atoms with Crippen LogP contribution < -0.4 is 5.73 Å². The first-order valence-electron chi connectivity index (χ1n) is 15.2. The number of esters is 2. The van der Waals surface area contributed by atoms with E-state index in [2.05, 4.69) is 74.1 Å². The zero-order valence-electron chi connectivity index (χ0n) is 27.0. The van der Waals surface area contributed by atoms with Gasteiger partial charge in [0.05, 0.1) is 37.4 Å². The Morgan fingerprint density at radius 3 is 1.50 bits per heavy atom. The topological polar surface area (TPSA) is 104 Å². The Balaban J connectivity index is 0.000000441. The number of benzene rings is 2. The summed E-state index contributed by atoms with van der Waals surface area (Å²) in [6.07, 6.45) is 4.12. The molecule has 0 aliphatic rings. The van der Waals surface area contributed by atoms with E-state index in [1.165, 1.54) is 27.8 Å². The van der Waals surface area contributed by atoms with Gasteiger partial charge in [0.1, 0.15) is 0 Å². The van der Waals surface area contributed by atoms with Crippen LogP contribution in [0.5, 0.6) is 0 Å². The second kappa shape index (κ2) is 19.2. The van der Waals surface area contributed by atoms with Crippen LogP contribution in [0, 0.1) is 27.7 Å². The van der Waals surface area contributed by atoms with Gasteiger partial charge in [0.25, 0.3) is 0 Å². The molecule has 2 unspecified atom stereocenters. The van der Waals surface area contributed by atoms with E-state index in [0.717, 1.165) is 28.1 Å². The van der Waals surface area contributed by atoms with Crippen molar-refractivity contribution >= 4 is 11.9 Å². The Kier molecular flexibility index (Phi) is 16.6. The molecular weight excluding hydrogens is 574 g/mol. The fraction of sp³-hybridized carbons (Fsp3) is 0.385. The Morgan fingerprint density at radius 1 is 0.674 bits per heavy atom. The molecule has 0 spiro atoms. The Bertz CT molecular complexity index is 1410. The zero-order chi connectivity index (χ0) is 32.2. The van der Waals surface area contributed by atoms with Gasteiger partial charge in [-0.2, -0.15) is 0 Å². The fourth-order valence-electron chi connectivity index (χ4n) is 5.25. The number of hydrogen-bond acceptors (Lipinski definition) is 7. The molecule has 0 saturated carbocycles. The number of carbonyl (C=O) groups is 2. The van der Waals surface area contributed by atoms with Gasteiger partial charge in [0.15, 0.2) is 0 Å². The van der Waals surface area contributed by atoms with Gasteiger partial charge in [0, 0.05) is 29.6 Å². The number of rotatable bonds is 10. The number of pyridine rings is 2. The number of nitrogens with zero attached hydrogens (tertiary/aromatic N) is 2. The van der Waals surface area contributed by atoms with Gasteiger partial charge >= 0.3 is 11.9 Å². The third-order valence-corrected chi connectivity index (χ3v) is 7.51. The molecule has 4 aromatic rings. The summed E-state index contributed by atoms with van der Waals surface area (Å²) in [6, 6.07) is 19.9. The molecule has 2 atom stereocenters. The lowest BCUT2D eigenvalue weighted by molar-refractivity contribution is -0.144. The number of carbonyl (C=O) groups excluding carboxylic acids is 2. The molecule has 0 aliphatic carbocycles. The lowest BCUT2D eigenvalue weighted by Crippen LogP contribution is -2.17. The van der Waals surface area contributed by atoms with Crippen molar-refractivity contribution in [3.63, 3.8) is 0 Å². The number of hydrogen-bond donors (Lipinski definition) is 1. The first-order valence-corrected chi connectivity index (χ1v) is 15.2. The largest absolute Gasteiger partial charge is 0.466 e. The molecule has 7 nitrogen and oxygen atoms in total. The van der Waals surface area contributed by atoms with Crippen molar-refractivity contribution < 1.29 is 19.1 Å². The van der Waals surface area contributed by atoms with Crippen LogP contribution in [0.25, 0.3) is 22.5 Å². The third kappa shape index (κ3) is 10.9. The molecule has 0 fully saturated rings. The SMILES string of the molecule is C.C.CCOC(=O)CC(C)c1ccnc(-c2c(C)cccc2C)c1.CCOC(=O)CC(N)c1ccnc(-c2c(C)cccc2C)c1. The maximum atomic E-state index is 11.7. The van der Waals surface area contributed by atoms with Crippen molar-refractivity contribution in [3.05, 3.63) is 106 Å². The van der Waals surface area contributed by atoms with Crippen molar-refractivity contribution in [1.82, 2.24) is 9.97 Å². The quantitative estimate of drug-likeness (QED) is 0.175. The molecule has 46 heavy (non-hydrogen) atoms. The highest BCUT2D eigenvalue weighted by Gasteiger charge is 2.16. The fourth-order valence-corrected chi connectivity index (χ4v) is 5.25. The predicted octanol–water partition coefficient (Wildman–Crippen LogP) is 9.01. The summed E-state index contributed by atoms with van der Waals surface area (Å²) in [5.41, 5.74) is 17.0. The number of ether oxygens (including phenoxy) is 2. The highest BCUT2D eigenvalue weighted by molar-refractivity contribution is 5.72. The van der Waals surface area contributed by atoms with Crippen LogP contribution in [-0.4, -0.2) is 35.1 Å². The molecule has 248 valence electrons. The second-order valence-corrected chi connectivity index (χ2v) is 11.0. The van der Waals surface area contributed by atoms with E-state index in [1.54, 1.807) is 13.1 Å². The number of aromatic nitrogens is 2. The first kappa shape index (κ1) is 39.7. The highest BCUT2D eigenvalue weighted by Crippen LogP contribution is 2.29. The van der Waals surface area contributed by atoms with Gasteiger partial charge < -0.3 is 15.2 Å². The van der Waals surface area contributed by atoms with Crippen molar-refractivity contribution in [2.45, 2.75) is 88.1 Å². The standard InChI is InChI=1S/C19H23NO2.C18H22N2O2.2CH4/c1-5-22-18(21)11-15(4)16-9-10-20-17(12-16)19-13(2)7-6-8-14(19)3;1-4-22-17(21)11-15(19)14-8-9-20-16(10-14)18-12(2)6-5-7-13(18)3;;/h6-10,12,15H,5,11H2,1-4H3;5-10,15H,4,11,19H2,1-3H3;2*1H4. The predicted molar refractivity (Wildman–Crippen MR) is 190 cm³/mol. The summed E-state index contributed by atoms with van der Waals surface area (Å²) >= 11 is 0. The summed E-state index contributed by atoms with van der Waals surface area (Å²) in [6.45, 7) is 14.8. The Morgan fingerprint density at radius 2 is 1.07 bits per heavy atom. The monoisotopic (exact) mass is 627 g/mol. The van der Waals surface area contributed by atoms with E-state index in [-0.39, 0.29) is 45.2 Å². The Labute approximate surface area is 276 Å². The number of nitrogens with two attached hydrogens (primary N) is 1. The van der Waals surface area contributed by atoms with E-state index in [4.69, 9.17) is 15.2 Å². The maximum Gasteiger partial charge on any atom is 0.307 e. The smallest absolute Gasteiger partial charge is 0.307 e. The lowest BCUT2D eigenvalue weighted by Gasteiger charge is -2.14. The van der Waals surface area contributed by atoms with Crippen LogP contribution in [-0.2, 0) is 19.1 Å². The van der Waals surface area contributed by atoms with Crippen LogP contribution in [0.4, 0.5) is 0 Å². The lowest BCUT2D eigenvalue weighted by atomic mass is 9.94.